The maximum atomic E-state index is 10.5. The summed E-state index contributed by atoms with van der Waals surface area (Å²) >= 11 is 0. The molecule has 1 aromatic carbocycles. The van der Waals surface area contributed by atoms with Crippen LogP contribution in [-0.2, 0) is 0 Å². The molecule has 1 aromatic rings. The third kappa shape index (κ3) is 26.1. The van der Waals surface area contributed by atoms with E-state index in [9.17, 15) is 5.11 Å². The van der Waals surface area contributed by atoms with Crippen LogP contribution in [0.5, 0.6) is 5.75 Å². The first-order chi connectivity index (χ1) is 21.8. The second-order valence-corrected chi connectivity index (χ2v) is 14.1. The average Bonchev–Trinajstić information content (AvgIpc) is 3.03. The quantitative estimate of drug-likeness (QED) is 0.0770. The SMILES string of the molecule is CCCCCCCCCCCCCCCCCCN(CCCCCCCCCCCCCCCCCC)c1ccccc1O. The van der Waals surface area contributed by atoms with Crippen LogP contribution in [-0.4, -0.2) is 18.2 Å². The Morgan fingerprint density at radius 2 is 0.614 bits per heavy atom. The number of rotatable bonds is 35. The second kappa shape index (κ2) is 33.2. The van der Waals surface area contributed by atoms with Crippen LogP contribution < -0.4 is 4.90 Å². The third-order valence-electron chi connectivity index (χ3n) is 9.79. The Hall–Kier alpha value is -1.18. The molecule has 0 radical (unpaired) electrons. The number of para-hydroxylation sites is 2. The lowest BCUT2D eigenvalue weighted by Gasteiger charge is -2.25. The number of nitrogens with zero attached hydrogens (tertiary/aromatic N) is 1. The summed E-state index contributed by atoms with van der Waals surface area (Å²) in [5.41, 5.74) is 1.04. The van der Waals surface area contributed by atoms with E-state index in [1.54, 1.807) is 0 Å². The monoisotopic (exact) mass is 614 g/mol. The fourth-order valence-corrected chi connectivity index (χ4v) is 6.79. The molecule has 0 spiro atoms. The van der Waals surface area contributed by atoms with E-state index in [2.05, 4.69) is 30.9 Å². The van der Waals surface area contributed by atoms with Gasteiger partial charge in [0.25, 0.3) is 0 Å². The number of unbranched alkanes of at least 4 members (excludes halogenated alkanes) is 30. The van der Waals surface area contributed by atoms with E-state index in [4.69, 9.17) is 0 Å². The minimum Gasteiger partial charge on any atom is -0.506 e. The van der Waals surface area contributed by atoms with Gasteiger partial charge in [0.1, 0.15) is 5.75 Å². The van der Waals surface area contributed by atoms with E-state index in [1.165, 1.54) is 205 Å². The highest BCUT2D eigenvalue weighted by Crippen LogP contribution is 2.27. The van der Waals surface area contributed by atoms with E-state index in [-0.39, 0.29) is 0 Å². The smallest absolute Gasteiger partial charge is 0.138 e. The van der Waals surface area contributed by atoms with E-state index in [0.29, 0.717) is 5.75 Å². The number of phenolic OH excluding ortho intramolecular Hbond substituents is 1. The normalized spacial score (nSPS) is 11.4. The van der Waals surface area contributed by atoms with Crippen LogP contribution in [0.15, 0.2) is 24.3 Å². The van der Waals surface area contributed by atoms with E-state index >= 15 is 0 Å². The highest BCUT2D eigenvalue weighted by atomic mass is 16.3. The number of hydrogen-bond donors (Lipinski definition) is 1. The number of anilines is 1. The molecule has 1 N–H and O–H groups in total. The van der Waals surface area contributed by atoms with Crippen molar-refractivity contribution in [1.29, 1.82) is 0 Å². The van der Waals surface area contributed by atoms with Gasteiger partial charge in [0, 0.05) is 13.1 Å². The van der Waals surface area contributed by atoms with Crippen molar-refractivity contribution in [1.82, 2.24) is 0 Å². The van der Waals surface area contributed by atoms with Crippen LogP contribution in [0.2, 0.25) is 0 Å². The lowest BCUT2D eigenvalue weighted by atomic mass is 10.0. The van der Waals surface area contributed by atoms with Gasteiger partial charge in [-0.3, -0.25) is 0 Å². The Balaban J connectivity index is 2.02. The maximum absolute atomic E-state index is 10.5. The fraction of sp³-hybridized carbons (Fsp3) is 0.857. The third-order valence-corrected chi connectivity index (χ3v) is 9.79. The first-order valence-corrected chi connectivity index (χ1v) is 20.3. The van der Waals surface area contributed by atoms with E-state index in [0.717, 1.165) is 18.8 Å². The summed E-state index contributed by atoms with van der Waals surface area (Å²) in [4.78, 5) is 2.46. The van der Waals surface area contributed by atoms with Crippen LogP contribution in [0.4, 0.5) is 5.69 Å². The van der Waals surface area contributed by atoms with Crippen molar-refractivity contribution < 1.29 is 5.11 Å². The Kier molecular flexibility index (Phi) is 30.8. The molecule has 258 valence electrons. The van der Waals surface area contributed by atoms with E-state index in [1.807, 2.05) is 12.1 Å². The van der Waals surface area contributed by atoms with Crippen molar-refractivity contribution in [3.63, 3.8) is 0 Å². The highest BCUT2D eigenvalue weighted by molar-refractivity contribution is 5.57. The van der Waals surface area contributed by atoms with Gasteiger partial charge in [-0.15, -0.1) is 0 Å². The van der Waals surface area contributed by atoms with Crippen LogP contribution in [0.3, 0.4) is 0 Å². The van der Waals surface area contributed by atoms with Gasteiger partial charge in [0.2, 0.25) is 0 Å². The van der Waals surface area contributed by atoms with Gasteiger partial charge in [-0.2, -0.15) is 0 Å². The fourth-order valence-electron chi connectivity index (χ4n) is 6.79. The lowest BCUT2D eigenvalue weighted by molar-refractivity contribution is 0.471. The molecule has 0 saturated heterocycles. The molecule has 0 fully saturated rings. The minimum atomic E-state index is 0.445. The maximum Gasteiger partial charge on any atom is 0.138 e. The lowest BCUT2D eigenvalue weighted by Crippen LogP contribution is -2.25. The summed E-state index contributed by atoms with van der Waals surface area (Å²) in [7, 11) is 0. The van der Waals surface area contributed by atoms with Gasteiger partial charge in [-0.1, -0.05) is 219 Å². The second-order valence-electron chi connectivity index (χ2n) is 14.1. The molecule has 0 aliphatic rings. The summed E-state index contributed by atoms with van der Waals surface area (Å²) in [6.07, 6.45) is 45.2. The van der Waals surface area contributed by atoms with Crippen molar-refractivity contribution >= 4 is 5.69 Å². The Morgan fingerprint density at radius 3 is 0.886 bits per heavy atom. The van der Waals surface area contributed by atoms with Crippen LogP contribution >= 0.6 is 0 Å². The first kappa shape index (κ1) is 40.8. The molecule has 0 amide bonds. The summed E-state index contributed by atoms with van der Waals surface area (Å²) in [5, 5.41) is 10.5. The molecule has 0 saturated carbocycles. The van der Waals surface area contributed by atoms with Crippen LogP contribution in [0.1, 0.15) is 219 Å². The Morgan fingerprint density at radius 1 is 0.364 bits per heavy atom. The minimum absolute atomic E-state index is 0.445. The van der Waals surface area contributed by atoms with Gasteiger partial charge in [0.05, 0.1) is 5.69 Å². The molecule has 2 nitrogen and oxygen atoms in total. The largest absolute Gasteiger partial charge is 0.506 e. The zero-order chi connectivity index (χ0) is 31.6. The molecular formula is C42H79NO. The van der Waals surface area contributed by atoms with Gasteiger partial charge >= 0.3 is 0 Å². The highest BCUT2D eigenvalue weighted by Gasteiger charge is 2.10. The number of aromatic hydroxyl groups is 1. The van der Waals surface area contributed by atoms with Crippen molar-refractivity contribution in [3.8, 4) is 5.75 Å². The molecule has 0 unspecified atom stereocenters. The van der Waals surface area contributed by atoms with Gasteiger partial charge in [-0.25, -0.2) is 0 Å². The Labute approximate surface area is 277 Å². The molecular weight excluding hydrogens is 534 g/mol. The van der Waals surface area contributed by atoms with Crippen molar-refractivity contribution in [2.24, 2.45) is 0 Å². The molecule has 44 heavy (non-hydrogen) atoms. The van der Waals surface area contributed by atoms with Crippen molar-refractivity contribution in [2.45, 2.75) is 219 Å². The molecule has 0 aliphatic heterocycles. The summed E-state index contributed by atoms with van der Waals surface area (Å²) in [6, 6.07) is 7.97. The van der Waals surface area contributed by atoms with E-state index < -0.39 is 0 Å². The molecule has 0 aliphatic carbocycles. The predicted molar refractivity (Wildman–Crippen MR) is 199 cm³/mol. The first-order valence-electron chi connectivity index (χ1n) is 20.3. The summed E-state index contributed by atoms with van der Waals surface area (Å²) in [6.45, 7) is 6.76. The van der Waals surface area contributed by atoms with Crippen LogP contribution in [0.25, 0.3) is 0 Å². The zero-order valence-electron chi connectivity index (χ0n) is 30.2. The number of hydrogen-bond acceptors (Lipinski definition) is 2. The molecule has 0 atom stereocenters. The molecule has 0 bridgehead atoms. The predicted octanol–water partition coefficient (Wildman–Crippen LogP) is 14.7. The number of benzene rings is 1. The Bertz CT molecular complexity index is 652. The van der Waals surface area contributed by atoms with Crippen molar-refractivity contribution in [2.75, 3.05) is 18.0 Å². The summed E-state index contributed by atoms with van der Waals surface area (Å²) in [5.74, 6) is 0.445. The van der Waals surface area contributed by atoms with Gasteiger partial charge in [0.15, 0.2) is 0 Å². The van der Waals surface area contributed by atoms with Gasteiger partial charge in [-0.05, 0) is 25.0 Å². The molecule has 0 heterocycles. The molecule has 1 rings (SSSR count). The summed E-state index contributed by atoms with van der Waals surface area (Å²) < 4.78 is 0. The standard InChI is InChI=1S/C42H79NO/c1-3-5-7-9-11-13-15-17-19-21-23-25-27-29-31-35-39-43(41-37-33-34-38-42(41)44)40-36-32-30-28-26-24-22-20-18-16-14-12-10-8-6-4-2/h33-34,37-38,44H,3-32,35-36,39-40H2,1-2H3. The zero-order valence-corrected chi connectivity index (χ0v) is 30.2. The number of phenols is 1. The van der Waals surface area contributed by atoms with Crippen LogP contribution in [0, 0.1) is 0 Å². The van der Waals surface area contributed by atoms with Gasteiger partial charge < -0.3 is 10.0 Å². The topological polar surface area (TPSA) is 23.5 Å². The molecule has 0 aromatic heterocycles. The molecule has 2 heteroatoms. The van der Waals surface area contributed by atoms with Crippen molar-refractivity contribution in [3.05, 3.63) is 24.3 Å². The average molecular weight is 614 g/mol.